The fraction of sp³-hybridized carbons (Fsp3) is 0.312. The smallest absolute Gasteiger partial charge is 0.326 e. The van der Waals surface area contributed by atoms with Crippen LogP contribution in [0.5, 0.6) is 0 Å². The van der Waals surface area contributed by atoms with Gasteiger partial charge in [0.15, 0.2) is 0 Å². The first kappa shape index (κ1) is 16.7. The molecule has 0 radical (unpaired) electrons. The van der Waals surface area contributed by atoms with Crippen molar-refractivity contribution in [3.63, 3.8) is 0 Å². The number of nitrogens with zero attached hydrogens (tertiary/aromatic N) is 2. The Morgan fingerprint density at radius 1 is 1.48 bits per heavy atom. The van der Waals surface area contributed by atoms with Crippen molar-refractivity contribution in [2.75, 3.05) is 5.32 Å². The van der Waals surface area contributed by atoms with Crippen molar-refractivity contribution in [3.8, 4) is 0 Å². The number of hydrogen-bond donors (Lipinski definition) is 3. The number of carboxylic acid groups (broad SMARTS) is 1. The molecular formula is C16H20N4O3. The first-order chi connectivity index (χ1) is 10.6. The van der Waals surface area contributed by atoms with Crippen LogP contribution in [0.25, 0.3) is 0 Å². The Kier molecular flexibility index (Phi) is 4.80. The SMILES string of the molecule is Cc1cccc(CNc2cnc3n(c2=O)[C@H](C(=O)O)CC3)c1.N. The molecule has 0 unspecified atom stereocenters. The zero-order valence-electron chi connectivity index (χ0n) is 13.0. The van der Waals surface area contributed by atoms with Gasteiger partial charge in [0, 0.05) is 13.0 Å². The zero-order valence-corrected chi connectivity index (χ0v) is 13.0. The molecular weight excluding hydrogens is 296 g/mol. The number of fused-ring (bicyclic) bond motifs is 1. The van der Waals surface area contributed by atoms with E-state index in [1.165, 1.54) is 10.8 Å². The Hall–Kier alpha value is -2.67. The number of carbonyl (C=O) groups is 1. The predicted octanol–water partition coefficient (Wildman–Crippen LogP) is 1.90. The monoisotopic (exact) mass is 316 g/mol. The number of benzene rings is 1. The van der Waals surface area contributed by atoms with Gasteiger partial charge in [0.05, 0.1) is 6.20 Å². The summed E-state index contributed by atoms with van der Waals surface area (Å²) in [6.45, 7) is 2.50. The molecule has 0 amide bonds. The highest BCUT2D eigenvalue weighted by molar-refractivity contribution is 5.72. The van der Waals surface area contributed by atoms with Gasteiger partial charge in [-0.2, -0.15) is 0 Å². The zero-order chi connectivity index (χ0) is 15.7. The minimum Gasteiger partial charge on any atom is -0.480 e. The van der Waals surface area contributed by atoms with Crippen molar-refractivity contribution in [2.45, 2.75) is 32.4 Å². The van der Waals surface area contributed by atoms with Gasteiger partial charge in [-0.05, 0) is 18.9 Å². The third-order valence-corrected chi connectivity index (χ3v) is 3.87. The Bertz CT molecular complexity index is 785. The Labute approximate surface area is 133 Å². The average molecular weight is 316 g/mol. The summed E-state index contributed by atoms with van der Waals surface area (Å²) in [4.78, 5) is 27.9. The van der Waals surface area contributed by atoms with Crippen molar-refractivity contribution in [2.24, 2.45) is 0 Å². The topological polar surface area (TPSA) is 119 Å². The van der Waals surface area contributed by atoms with Gasteiger partial charge < -0.3 is 16.6 Å². The van der Waals surface area contributed by atoms with Crippen LogP contribution in [-0.2, 0) is 17.8 Å². The molecule has 0 saturated carbocycles. The summed E-state index contributed by atoms with van der Waals surface area (Å²) in [7, 11) is 0. The molecule has 1 aliphatic heterocycles. The summed E-state index contributed by atoms with van der Waals surface area (Å²) in [6, 6.07) is 7.16. The normalized spacial score (nSPS) is 15.6. The molecule has 1 atom stereocenters. The second-order valence-electron chi connectivity index (χ2n) is 5.50. The summed E-state index contributed by atoms with van der Waals surface area (Å²) in [5, 5.41) is 12.3. The van der Waals surface area contributed by atoms with E-state index in [-0.39, 0.29) is 11.7 Å². The van der Waals surface area contributed by atoms with Gasteiger partial charge in [-0.15, -0.1) is 0 Å². The molecule has 1 aromatic heterocycles. The minimum atomic E-state index is -0.988. The molecule has 0 spiro atoms. The maximum atomic E-state index is 12.5. The van der Waals surface area contributed by atoms with Crippen LogP contribution >= 0.6 is 0 Å². The standard InChI is InChI=1S/C16H17N3O3.H3N/c1-10-3-2-4-11(7-10)8-17-12-9-18-14-6-5-13(16(21)22)19(14)15(12)20;/h2-4,7,9,13,17H,5-6,8H2,1H3,(H,21,22);1H3/t13-;/m0./s1. The Balaban J connectivity index is 0.00000192. The molecule has 7 heteroatoms. The molecule has 2 aromatic rings. The van der Waals surface area contributed by atoms with Crippen molar-refractivity contribution in [3.05, 3.63) is 57.8 Å². The summed E-state index contributed by atoms with van der Waals surface area (Å²) < 4.78 is 1.29. The number of hydrogen-bond acceptors (Lipinski definition) is 5. The van der Waals surface area contributed by atoms with Gasteiger partial charge in [-0.25, -0.2) is 9.78 Å². The van der Waals surface area contributed by atoms with Crippen LogP contribution in [0.1, 0.15) is 29.4 Å². The molecule has 3 rings (SSSR count). The van der Waals surface area contributed by atoms with E-state index in [1.807, 2.05) is 31.2 Å². The second kappa shape index (κ2) is 6.62. The van der Waals surface area contributed by atoms with Gasteiger partial charge >= 0.3 is 5.97 Å². The summed E-state index contributed by atoms with van der Waals surface area (Å²) in [5.41, 5.74) is 2.22. The Morgan fingerprint density at radius 3 is 2.96 bits per heavy atom. The second-order valence-corrected chi connectivity index (χ2v) is 5.50. The molecule has 0 fully saturated rings. The van der Waals surface area contributed by atoms with E-state index >= 15 is 0 Å². The number of rotatable bonds is 4. The van der Waals surface area contributed by atoms with Crippen LogP contribution < -0.4 is 17.0 Å². The number of aliphatic carboxylic acids is 1. The maximum absolute atomic E-state index is 12.5. The van der Waals surface area contributed by atoms with Crippen molar-refractivity contribution in [1.29, 1.82) is 0 Å². The van der Waals surface area contributed by atoms with Crippen LogP contribution in [0.15, 0.2) is 35.3 Å². The summed E-state index contributed by atoms with van der Waals surface area (Å²) >= 11 is 0. The lowest BCUT2D eigenvalue weighted by Gasteiger charge is -2.12. The first-order valence-electron chi connectivity index (χ1n) is 7.19. The number of carboxylic acids is 1. The first-order valence-corrected chi connectivity index (χ1v) is 7.19. The van der Waals surface area contributed by atoms with Crippen molar-refractivity contribution in [1.82, 2.24) is 15.7 Å². The Morgan fingerprint density at radius 2 is 2.26 bits per heavy atom. The molecule has 1 aliphatic rings. The summed E-state index contributed by atoms with van der Waals surface area (Å²) in [5.74, 6) is -0.447. The number of nitrogens with one attached hydrogen (secondary N) is 1. The van der Waals surface area contributed by atoms with Gasteiger partial charge in [0.2, 0.25) is 0 Å². The number of aryl methyl sites for hydroxylation is 2. The van der Waals surface area contributed by atoms with E-state index in [2.05, 4.69) is 10.3 Å². The molecule has 23 heavy (non-hydrogen) atoms. The third-order valence-electron chi connectivity index (χ3n) is 3.87. The van der Waals surface area contributed by atoms with Gasteiger partial charge in [0.25, 0.3) is 5.56 Å². The van der Waals surface area contributed by atoms with Crippen LogP contribution in [0.3, 0.4) is 0 Å². The van der Waals surface area contributed by atoms with Gasteiger partial charge in [-0.3, -0.25) is 9.36 Å². The minimum absolute atomic E-state index is 0. The highest BCUT2D eigenvalue weighted by atomic mass is 16.4. The molecule has 0 saturated heterocycles. The number of anilines is 1. The van der Waals surface area contributed by atoms with Crippen LogP contribution in [0.2, 0.25) is 0 Å². The number of aromatic nitrogens is 2. The van der Waals surface area contributed by atoms with Crippen LogP contribution in [0, 0.1) is 6.92 Å². The van der Waals surface area contributed by atoms with Crippen molar-refractivity contribution >= 4 is 11.7 Å². The van der Waals surface area contributed by atoms with E-state index in [1.54, 1.807) is 0 Å². The highest BCUT2D eigenvalue weighted by Crippen LogP contribution is 2.23. The highest BCUT2D eigenvalue weighted by Gasteiger charge is 2.30. The average Bonchev–Trinajstić information content (AvgIpc) is 2.92. The van der Waals surface area contributed by atoms with E-state index < -0.39 is 12.0 Å². The lowest BCUT2D eigenvalue weighted by Crippen LogP contribution is -2.30. The molecule has 1 aromatic carbocycles. The van der Waals surface area contributed by atoms with Gasteiger partial charge in [-0.1, -0.05) is 29.8 Å². The van der Waals surface area contributed by atoms with Crippen molar-refractivity contribution < 1.29 is 9.90 Å². The molecule has 7 nitrogen and oxygen atoms in total. The van der Waals surface area contributed by atoms with Crippen LogP contribution in [-0.4, -0.2) is 20.6 Å². The van der Waals surface area contributed by atoms with E-state index in [0.29, 0.717) is 30.9 Å². The molecule has 5 N–H and O–H groups in total. The molecule has 122 valence electrons. The van der Waals surface area contributed by atoms with E-state index in [0.717, 1.165) is 11.1 Å². The molecule has 0 aliphatic carbocycles. The maximum Gasteiger partial charge on any atom is 0.326 e. The molecule has 0 bridgehead atoms. The largest absolute Gasteiger partial charge is 0.480 e. The fourth-order valence-electron chi connectivity index (χ4n) is 2.78. The fourth-order valence-corrected chi connectivity index (χ4v) is 2.78. The predicted molar refractivity (Wildman–Crippen MR) is 87.0 cm³/mol. The van der Waals surface area contributed by atoms with E-state index in [4.69, 9.17) is 0 Å². The molecule has 2 heterocycles. The lowest BCUT2D eigenvalue weighted by atomic mass is 10.1. The lowest BCUT2D eigenvalue weighted by molar-refractivity contribution is -0.140. The van der Waals surface area contributed by atoms with Gasteiger partial charge in [0.1, 0.15) is 17.6 Å². The third kappa shape index (κ3) is 3.24. The van der Waals surface area contributed by atoms with Crippen LogP contribution in [0.4, 0.5) is 5.69 Å². The quantitative estimate of drug-likeness (QED) is 0.792. The summed E-state index contributed by atoms with van der Waals surface area (Å²) in [6.07, 6.45) is 2.43. The van der Waals surface area contributed by atoms with E-state index in [9.17, 15) is 14.7 Å².